The summed E-state index contributed by atoms with van der Waals surface area (Å²) in [4.78, 5) is 35.3. The molecular weight excluding hydrogens is 468 g/mol. The highest BCUT2D eigenvalue weighted by molar-refractivity contribution is 5.78. The van der Waals surface area contributed by atoms with Crippen LogP contribution in [0.15, 0.2) is 77.6 Å². The zero-order chi connectivity index (χ0) is 25.8. The number of piperazine rings is 1. The maximum absolute atomic E-state index is 13.5. The van der Waals surface area contributed by atoms with E-state index in [1.165, 1.54) is 0 Å². The number of carbonyl (C=O) groups excluding carboxylic acids is 1. The summed E-state index contributed by atoms with van der Waals surface area (Å²) < 4.78 is 12.4. The number of hydrogen-bond acceptors (Lipinski definition) is 6. The molecule has 0 radical (unpaired) electrons. The lowest BCUT2D eigenvalue weighted by atomic mass is 10.1. The fraction of sp³-hybridized carbons (Fsp3) is 0.276. The molecule has 1 amide bonds. The normalized spacial score (nSPS) is 13.6. The third-order valence-electron chi connectivity index (χ3n) is 6.79. The van der Waals surface area contributed by atoms with Crippen LogP contribution < -0.4 is 19.9 Å². The number of fused-ring (bicyclic) bond motifs is 1. The number of ether oxygens (including phenoxy) is 2. The van der Waals surface area contributed by atoms with Crippen molar-refractivity contribution in [2.24, 2.45) is 0 Å². The van der Waals surface area contributed by atoms with Crippen molar-refractivity contribution in [1.82, 2.24) is 14.5 Å². The van der Waals surface area contributed by atoms with Crippen LogP contribution in [0.25, 0.3) is 16.7 Å². The third-order valence-corrected chi connectivity index (χ3v) is 6.79. The van der Waals surface area contributed by atoms with E-state index in [-0.39, 0.29) is 24.3 Å². The van der Waals surface area contributed by atoms with E-state index in [1.807, 2.05) is 77.7 Å². The molecule has 1 aliphatic heterocycles. The fourth-order valence-electron chi connectivity index (χ4n) is 4.80. The molecule has 0 atom stereocenters. The van der Waals surface area contributed by atoms with Gasteiger partial charge in [0.2, 0.25) is 5.91 Å². The van der Waals surface area contributed by atoms with E-state index >= 15 is 0 Å². The summed E-state index contributed by atoms with van der Waals surface area (Å²) in [5, 5.41) is 0. The predicted molar refractivity (Wildman–Crippen MR) is 144 cm³/mol. The molecule has 37 heavy (non-hydrogen) atoms. The number of carbonyl (C=O) groups is 1. The van der Waals surface area contributed by atoms with E-state index < -0.39 is 0 Å². The van der Waals surface area contributed by atoms with Crippen molar-refractivity contribution >= 4 is 22.6 Å². The number of aryl methyl sites for hydroxylation is 1. The molecule has 2 heterocycles. The van der Waals surface area contributed by atoms with Gasteiger partial charge >= 0.3 is 0 Å². The first-order chi connectivity index (χ1) is 18.1. The molecule has 1 saturated heterocycles. The Balaban J connectivity index is 1.31. The minimum absolute atomic E-state index is 0.0324. The highest BCUT2D eigenvalue weighted by Gasteiger charge is 2.23. The first-order valence-electron chi connectivity index (χ1n) is 12.4. The number of rotatable bonds is 7. The van der Waals surface area contributed by atoms with Crippen LogP contribution in [0.1, 0.15) is 12.1 Å². The van der Waals surface area contributed by atoms with Gasteiger partial charge in [0.05, 0.1) is 30.9 Å². The first kappa shape index (κ1) is 24.4. The second-order valence-corrected chi connectivity index (χ2v) is 8.93. The average molecular weight is 499 g/mol. The molecule has 1 aliphatic rings. The molecule has 8 heteroatoms. The number of methoxy groups -OCH3 is 2. The fourth-order valence-corrected chi connectivity index (χ4v) is 4.80. The minimum atomic E-state index is -0.211. The maximum atomic E-state index is 13.5. The Labute approximate surface area is 215 Å². The molecule has 0 unspecified atom stereocenters. The highest BCUT2D eigenvalue weighted by Crippen LogP contribution is 2.28. The lowest BCUT2D eigenvalue weighted by Gasteiger charge is -2.36. The van der Waals surface area contributed by atoms with Gasteiger partial charge in [0.1, 0.15) is 17.2 Å². The van der Waals surface area contributed by atoms with Gasteiger partial charge in [0.15, 0.2) is 0 Å². The lowest BCUT2D eigenvalue weighted by molar-refractivity contribution is -0.131. The van der Waals surface area contributed by atoms with E-state index in [4.69, 9.17) is 9.47 Å². The Morgan fingerprint density at radius 1 is 0.865 bits per heavy atom. The smallest absolute Gasteiger partial charge is 0.277 e. The number of benzene rings is 3. The van der Waals surface area contributed by atoms with Gasteiger partial charge in [-0.2, -0.15) is 0 Å². The summed E-state index contributed by atoms with van der Waals surface area (Å²) in [7, 11) is 3.28. The van der Waals surface area contributed by atoms with Crippen LogP contribution in [0.2, 0.25) is 0 Å². The van der Waals surface area contributed by atoms with Crippen LogP contribution in [-0.4, -0.2) is 60.8 Å². The van der Waals surface area contributed by atoms with E-state index in [0.29, 0.717) is 30.0 Å². The van der Waals surface area contributed by atoms with Crippen molar-refractivity contribution in [2.75, 3.05) is 45.3 Å². The molecule has 4 aromatic rings. The molecule has 5 rings (SSSR count). The second kappa shape index (κ2) is 10.7. The topological polar surface area (TPSA) is 76.9 Å². The van der Waals surface area contributed by atoms with Crippen LogP contribution in [0.4, 0.5) is 5.69 Å². The molecule has 3 aromatic carbocycles. The molecule has 0 bridgehead atoms. The summed E-state index contributed by atoms with van der Waals surface area (Å²) in [6.07, 6.45) is 0.517. The number of nitrogens with zero attached hydrogens (tertiary/aromatic N) is 4. The molecule has 1 fully saturated rings. The molecule has 0 N–H and O–H groups in total. The maximum Gasteiger partial charge on any atom is 0.277 e. The first-order valence-corrected chi connectivity index (χ1v) is 12.4. The summed E-state index contributed by atoms with van der Waals surface area (Å²) in [5.41, 5.74) is 3.38. The Kier molecular flexibility index (Phi) is 7.07. The Morgan fingerprint density at radius 2 is 1.57 bits per heavy atom. The SMILES string of the molecule is COc1ccc(-n2c(=O)c(CCC(=O)N3CCN(c4ccccc4OC)CC3)nc3ccccc32)cc1. The third kappa shape index (κ3) is 5.00. The van der Waals surface area contributed by atoms with E-state index in [9.17, 15) is 9.59 Å². The van der Waals surface area contributed by atoms with E-state index in [0.717, 1.165) is 35.7 Å². The molecular formula is C29H30N4O4. The number of hydrogen-bond donors (Lipinski definition) is 0. The monoisotopic (exact) mass is 498 g/mol. The van der Waals surface area contributed by atoms with Crippen molar-refractivity contribution in [3.63, 3.8) is 0 Å². The Morgan fingerprint density at radius 3 is 2.30 bits per heavy atom. The number of amides is 1. The van der Waals surface area contributed by atoms with Gasteiger partial charge in [-0.1, -0.05) is 24.3 Å². The molecule has 1 aromatic heterocycles. The van der Waals surface area contributed by atoms with E-state index in [1.54, 1.807) is 18.8 Å². The Bertz CT molecular complexity index is 1460. The second-order valence-electron chi connectivity index (χ2n) is 8.93. The van der Waals surface area contributed by atoms with Gasteiger partial charge in [-0.15, -0.1) is 0 Å². The minimum Gasteiger partial charge on any atom is -0.497 e. The highest BCUT2D eigenvalue weighted by atomic mass is 16.5. The van der Waals surface area contributed by atoms with Gasteiger partial charge in [0.25, 0.3) is 5.56 Å². The Hall–Kier alpha value is -4.33. The van der Waals surface area contributed by atoms with Crippen LogP contribution in [0.3, 0.4) is 0 Å². The van der Waals surface area contributed by atoms with Gasteiger partial charge in [0, 0.05) is 44.7 Å². The average Bonchev–Trinajstić information content (AvgIpc) is 2.96. The van der Waals surface area contributed by atoms with Crippen LogP contribution in [0.5, 0.6) is 11.5 Å². The molecule has 8 nitrogen and oxygen atoms in total. The van der Waals surface area contributed by atoms with Gasteiger partial charge in [-0.25, -0.2) is 4.98 Å². The zero-order valence-electron chi connectivity index (χ0n) is 21.1. The molecule has 0 aliphatic carbocycles. The van der Waals surface area contributed by atoms with Crippen molar-refractivity contribution in [3.05, 3.63) is 88.8 Å². The van der Waals surface area contributed by atoms with Crippen LogP contribution >= 0.6 is 0 Å². The molecule has 0 saturated carbocycles. The van der Waals surface area contributed by atoms with Gasteiger partial charge in [-0.05, 0) is 48.5 Å². The van der Waals surface area contributed by atoms with Crippen molar-refractivity contribution in [3.8, 4) is 17.2 Å². The summed E-state index contributed by atoms with van der Waals surface area (Å²) >= 11 is 0. The summed E-state index contributed by atoms with van der Waals surface area (Å²) in [6, 6.07) is 22.8. The van der Waals surface area contributed by atoms with Gasteiger partial charge in [-0.3, -0.25) is 14.2 Å². The zero-order valence-corrected chi connectivity index (χ0v) is 21.1. The predicted octanol–water partition coefficient (Wildman–Crippen LogP) is 3.68. The number of aromatic nitrogens is 2. The largest absolute Gasteiger partial charge is 0.497 e. The summed E-state index contributed by atoms with van der Waals surface area (Å²) in [5.74, 6) is 1.58. The van der Waals surface area contributed by atoms with Crippen LogP contribution in [0, 0.1) is 0 Å². The lowest BCUT2D eigenvalue weighted by Crippen LogP contribution is -2.49. The van der Waals surface area contributed by atoms with Crippen molar-refractivity contribution in [2.45, 2.75) is 12.8 Å². The molecule has 0 spiro atoms. The number of para-hydroxylation sites is 4. The van der Waals surface area contributed by atoms with E-state index in [2.05, 4.69) is 9.88 Å². The van der Waals surface area contributed by atoms with Crippen molar-refractivity contribution in [1.29, 1.82) is 0 Å². The molecule has 190 valence electrons. The summed E-state index contributed by atoms with van der Waals surface area (Å²) in [6.45, 7) is 2.70. The van der Waals surface area contributed by atoms with Crippen LogP contribution in [-0.2, 0) is 11.2 Å². The van der Waals surface area contributed by atoms with Crippen molar-refractivity contribution < 1.29 is 14.3 Å². The quantitative estimate of drug-likeness (QED) is 0.387. The number of anilines is 1. The van der Waals surface area contributed by atoms with Gasteiger partial charge < -0.3 is 19.3 Å². The standard InChI is InChI=1S/C29H30N4O4/c1-36-22-13-11-21(12-14-22)33-25-8-4-3-7-23(25)30-24(29(33)35)15-16-28(34)32-19-17-31(18-20-32)26-9-5-6-10-27(26)37-2/h3-14H,15-20H2,1-2H3.